The number of benzene rings is 3. The summed E-state index contributed by atoms with van der Waals surface area (Å²) in [5.74, 6) is 0.509. The van der Waals surface area contributed by atoms with Crippen LogP contribution in [0.15, 0.2) is 65.1 Å². The van der Waals surface area contributed by atoms with E-state index in [1.807, 2.05) is 31.2 Å². The number of nitrogens with one attached hydrogen (secondary N) is 2. The summed E-state index contributed by atoms with van der Waals surface area (Å²) in [4.78, 5) is 17.1. The highest BCUT2D eigenvalue weighted by atomic mass is 35.5. The summed E-state index contributed by atoms with van der Waals surface area (Å²) < 4.78 is 11.1. The van der Waals surface area contributed by atoms with Crippen molar-refractivity contribution in [1.82, 2.24) is 10.3 Å². The Balaban J connectivity index is 1.49. The number of halogens is 1. The maximum absolute atomic E-state index is 12.6. The number of ether oxygens (including phenoxy) is 1. The molecule has 1 aromatic heterocycles. The number of aromatic nitrogens is 1. The van der Waals surface area contributed by atoms with Crippen LogP contribution in [0.5, 0.6) is 5.75 Å². The van der Waals surface area contributed by atoms with Crippen LogP contribution in [-0.4, -0.2) is 23.1 Å². The topological polar surface area (TPSA) is 76.4 Å². The molecule has 1 heterocycles. The molecular formula is C23H18ClN3O3S. The molecular weight excluding hydrogens is 434 g/mol. The first-order valence-electron chi connectivity index (χ1n) is 9.36. The molecule has 4 rings (SSSR count). The number of aryl methyl sites for hydroxylation is 1. The number of amides is 1. The summed E-state index contributed by atoms with van der Waals surface area (Å²) in [6.07, 6.45) is 0. The zero-order chi connectivity index (χ0) is 22.0. The molecule has 0 fully saturated rings. The van der Waals surface area contributed by atoms with E-state index < -0.39 is 5.91 Å². The highest BCUT2D eigenvalue weighted by molar-refractivity contribution is 7.80. The lowest BCUT2D eigenvalue weighted by Gasteiger charge is -2.12. The lowest BCUT2D eigenvalue weighted by Crippen LogP contribution is -2.34. The van der Waals surface area contributed by atoms with Crippen LogP contribution >= 0.6 is 23.8 Å². The Morgan fingerprint density at radius 2 is 1.87 bits per heavy atom. The van der Waals surface area contributed by atoms with Crippen LogP contribution < -0.4 is 15.4 Å². The summed E-state index contributed by atoms with van der Waals surface area (Å²) in [6.45, 7) is 2.03. The fourth-order valence-electron chi connectivity index (χ4n) is 3.02. The molecule has 3 aromatic carbocycles. The predicted molar refractivity (Wildman–Crippen MR) is 126 cm³/mol. The molecule has 0 atom stereocenters. The fourth-order valence-corrected chi connectivity index (χ4v) is 3.40. The monoisotopic (exact) mass is 451 g/mol. The Bertz CT molecular complexity index is 1290. The summed E-state index contributed by atoms with van der Waals surface area (Å²) in [5, 5.41) is 6.17. The Labute approximate surface area is 189 Å². The van der Waals surface area contributed by atoms with Crippen molar-refractivity contribution >= 4 is 51.6 Å². The zero-order valence-corrected chi connectivity index (χ0v) is 18.3. The number of hydrogen-bond donors (Lipinski definition) is 2. The van der Waals surface area contributed by atoms with Gasteiger partial charge in [-0.3, -0.25) is 10.1 Å². The summed E-state index contributed by atoms with van der Waals surface area (Å²) in [6, 6.07) is 18.1. The number of fused-ring (bicyclic) bond motifs is 1. The summed E-state index contributed by atoms with van der Waals surface area (Å²) in [5.41, 5.74) is 4.34. The SMILES string of the molecule is COc1ccc(Cl)cc1C(=O)NC(=S)Nc1ccc2oc(-c3ccc(C)cc3)nc2c1. The maximum Gasteiger partial charge on any atom is 0.261 e. The highest BCUT2D eigenvalue weighted by Gasteiger charge is 2.15. The molecule has 0 radical (unpaired) electrons. The van der Waals surface area contributed by atoms with Crippen LogP contribution in [0.1, 0.15) is 15.9 Å². The molecule has 6 nitrogen and oxygen atoms in total. The van der Waals surface area contributed by atoms with E-state index in [9.17, 15) is 4.79 Å². The number of hydrogen-bond acceptors (Lipinski definition) is 5. The summed E-state index contributed by atoms with van der Waals surface area (Å²) >= 11 is 11.3. The maximum atomic E-state index is 12.6. The lowest BCUT2D eigenvalue weighted by atomic mass is 10.1. The third-order valence-electron chi connectivity index (χ3n) is 4.58. The molecule has 1 amide bonds. The molecule has 0 aliphatic rings. The van der Waals surface area contributed by atoms with Gasteiger partial charge in [0.15, 0.2) is 10.7 Å². The second kappa shape index (κ2) is 8.75. The standard InChI is InChI=1S/C23H18ClN3O3S/c1-13-3-5-14(6-4-13)22-26-18-12-16(8-10-20(18)30-22)25-23(31)27-21(28)17-11-15(24)7-9-19(17)29-2/h3-12H,1-2H3,(H2,25,27,28,31). The van der Waals surface area contributed by atoms with E-state index in [-0.39, 0.29) is 10.7 Å². The first-order chi connectivity index (χ1) is 14.9. The summed E-state index contributed by atoms with van der Waals surface area (Å²) in [7, 11) is 1.48. The van der Waals surface area contributed by atoms with Crippen molar-refractivity contribution in [3.8, 4) is 17.2 Å². The van der Waals surface area contributed by atoms with Gasteiger partial charge in [0.1, 0.15) is 11.3 Å². The number of anilines is 1. The Hall–Kier alpha value is -3.42. The predicted octanol–water partition coefficient (Wildman–Crippen LogP) is 5.59. The number of oxazole rings is 1. The lowest BCUT2D eigenvalue weighted by molar-refractivity contribution is 0.0975. The molecule has 8 heteroatoms. The largest absolute Gasteiger partial charge is 0.496 e. The molecule has 0 saturated carbocycles. The minimum Gasteiger partial charge on any atom is -0.496 e. The molecule has 0 spiro atoms. The minimum atomic E-state index is -0.430. The highest BCUT2D eigenvalue weighted by Crippen LogP contribution is 2.27. The van der Waals surface area contributed by atoms with Crippen LogP contribution in [0.3, 0.4) is 0 Å². The molecule has 2 N–H and O–H groups in total. The molecule has 31 heavy (non-hydrogen) atoms. The van der Waals surface area contributed by atoms with E-state index in [1.54, 1.807) is 30.3 Å². The van der Waals surface area contributed by atoms with Gasteiger partial charge in [0, 0.05) is 16.3 Å². The van der Waals surface area contributed by atoms with Gasteiger partial charge < -0.3 is 14.5 Å². The molecule has 0 aliphatic heterocycles. The number of carbonyl (C=O) groups excluding carboxylic acids is 1. The van der Waals surface area contributed by atoms with Crippen molar-refractivity contribution in [1.29, 1.82) is 0 Å². The normalized spacial score (nSPS) is 10.7. The van der Waals surface area contributed by atoms with Gasteiger partial charge in [0.25, 0.3) is 5.91 Å². The first-order valence-corrected chi connectivity index (χ1v) is 10.1. The number of methoxy groups -OCH3 is 1. The van der Waals surface area contributed by atoms with Crippen LogP contribution in [0, 0.1) is 6.92 Å². The molecule has 156 valence electrons. The van der Waals surface area contributed by atoms with E-state index in [2.05, 4.69) is 15.6 Å². The Morgan fingerprint density at radius 1 is 1.10 bits per heavy atom. The zero-order valence-electron chi connectivity index (χ0n) is 16.7. The van der Waals surface area contributed by atoms with Gasteiger partial charge in [0.2, 0.25) is 5.89 Å². The minimum absolute atomic E-state index is 0.133. The number of rotatable bonds is 4. The Kier molecular flexibility index (Phi) is 5.88. The molecule has 4 aromatic rings. The van der Waals surface area contributed by atoms with Crippen molar-refractivity contribution in [2.75, 3.05) is 12.4 Å². The Morgan fingerprint density at radius 3 is 2.61 bits per heavy atom. The van der Waals surface area contributed by atoms with Gasteiger partial charge in [-0.15, -0.1) is 0 Å². The second-order valence-electron chi connectivity index (χ2n) is 6.82. The van der Waals surface area contributed by atoms with Gasteiger partial charge in [-0.1, -0.05) is 29.3 Å². The fraction of sp³-hybridized carbons (Fsp3) is 0.0870. The number of nitrogens with zero attached hydrogens (tertiary/aromatic N) is 1. The van der Waals surface area contributed by atoms with Gasteiger partial charge in [-0.2, -0.15) is 0 Å². The van der Waals surface area contributed by atoms with Gasteiger partial charge >= 0.3 is 0 Å². The van der Waals surface area contributed by atoms with Crippen LogP contribution in [-0.2, 0) is 0 Å². The van der Waals surface area contributed by atoms with Crippen molar-refractivity contribution in [3.05, 3.63) is 76.8 Å². The average Bonchev–Trinajstić information content (AvgIpc) is 3.17. The molecule has 0 saturated heterocycles. The third kappa shape index (κ3) is 4.68. The van der Waals surface area contributed by atoms with E-state index in [0.717, 1.165) is 11.1 Å². The molecule has 0 aliphatic carbocycles. The first kappa shape index (κ1) is 20.8. The smallest absolute Gasteiger partial charge is 0.261 e. The van der Waals surface area contributed by atoms with Gasteiger partial charge in [-0.25, -0.2) is 4.98 Å². The van der Waals surface area contributed by atoms with Crippen molar-refractivity contribution in [3.63, 3.8) is 0 Å². The van der Waals surface area contributed by atoms with Crippen LogP contribution in [0.25, 0.3) is 22.6 Å². The average molecular weight is 452 g/mol. The van der Waals surface area contributed by atoms with E-state index in [0.29, 0.717) is 33.4 Å². The third-order valence-corrected chi connectivity index (χ3v) is 5.02. The van der Waals surface area contributed by atoms with Crippen LogP contribution in [0.2, 0.25) is 5.02 Å². The van der Waals surface area contributed by atoms with E-state index in [1.165, 1.54) is 13.2 Å². The van der Waals surface area contributed by atoms with E-state index in [4.69, 9.17) is 33.0 Å². The number of thiocarbonyl (C=S) groups is 1. The second-order valence-corrected chi connectivity index (χ2v) is 7.67. The van der Waals surface area contributed by atoms with Crippen molar-refractivity contribution in [2.45, 2.75) is 6.92 Å². The molecule has 0 unspecified atom stereocenters. The number of carbonyl (C=O) groups is 1. The van der Waals surface area contributed by atoms with Gasteiger partial charge in [0.05, 0.1) is 12.7 Å². The molecule has 0 bridgehead atoms. The van der Waals surface area contributed by atoms with Gasteiger partial charge in [-0.05, 0) is 67.7 Å². The quantitative estimate of drug-likeness (QED) is 0.394. The van der Waals surface area contributed by atoms with Crippen molar-refractivity contribution in [2.24, 2.45) is 0 Å². The van der Waals surface area contributed by atoms with Crippen molar-refractivity contribution < 1.29 is 13.9 Å². The van der Waals surface area contributed by atoms with Crippen LogP contribution in [0.4, 0.5) is 5.69 Å². The van der Waals surface area contributed by atoms with E-state index >= 15 is 0 Å².